The number of pyridine rings is 1. The molecule has 1 amide bonds. The van der Waals surface area contributed by atoms with E-state index in [-0.39, 0.29) is 11.9 Å². The fourth-order valence-electron chi connectivity index (χ4n) is 2.63. The Balaban J connectivity index is 2.19. The predicted molar refractivity (Wildman–Crippen MR) is 90.2 cm³/mol. The van der Waals surface area contributed by atoms with Crippen molar-refractivity contribution in [1.82, 2.24) is 9.88 Å². The van der Waals surface area contributed by atoms with Crippen LogP contribution in [-0.4, -0.2) is 28.4 Å². The molecule has 1 atom stereocenters. The van der Waals surface area contributed by atoms with Gasteiger partial charge in [-0.2, -0.15) is 0 Å². The van der Waals surface area contributed by atoms with Crippen LogP contribution in [0.3, 0.4) is 0 Å². The van der Waals surface area contributed by atoms with E-state index in [0.717, 1.165) is 12.8 Å². The number of carbonyl (C=O) groups excluding carboxylic acids is 1. The van der Waals surface area contributed by atoms with E-state index in [4.69, 9.17) is 11.6 Å². The van der Waals surface area contributed by atoms with Crippen molar-refractivity contribution < 1.29 is 4.79 Å². The van der Waals surface area contributed by atoms with Crippen LogP contribution in [0.15, 0.2) is 48.7 Å². The number of amides is 1. The number of aromatic nitrogens is 1. The zero-order valence-corrected chi connectivity index (χ0v) is 13.8. The third-order valence-corrected chi connectivity index (χ3v) is 4.01. The Labute approximate surface area is 136 Å². The van der Waals surface area contributed by atoms with Crippen LogP contribution < -0.4 is 0 Å². The second-order valence-corrected chi connectivity index (χ2v) is 5.60. The molecule has 22 heavy (non-hydrogen) atoms. The Morgan fingerprint density at radius 1 is 1.23 bits per heavy atom. The maximum atomic E-state index is 12.8. The molecule has 0 unspecified atom stereocenters. The summed E-state index contributed by atoms with van der Waals surface area (Å²) in [6, 6.07) is 13.8. The van der Waals surface area contributed by atoms with Gasteiger partial charge in [0.15, 0.2) is 0 Å². The SMILES string of the molecule is CC[C@@H](Cc1ccccc1)N(CC)C(=O)c1ccnc(Cl)c1. The van der Waals surface area contributed by atoms with E-state index in [0.29, 0.717) is 17.3 Å². The van der Waals surface area contributed by atoms with E-state index in [1.54, 1.807) is 18.3 Å². The van der Waals surface area contributed by atoms with Gasteiger partial charge in [-0.05, 0) is 37.5 Å². The molecule has 116 valence electrons. The summed E-state index contributed by atoms with van der Waals surface area (Å²) in [4.78, 5) is 18.6. The Bertz CT molecular complexity index is 615. The molecule has 0 fully saturated rings. The van der Waals surface area contributed by atoms with Crippen molar-refractivity contribution >= 4 is 17.5 Å². The van der Waals surface area contributed by atoms with Crippen molar-refractivity contribution in [2.24, 2.45) is 0 Å². The summed E-state index contributed by atoms with van der Waals surface area (Å²) >= 11 is 5.90. The lowest BCUT2D eigenvalue weighted by molar-refractivity contribution is 0.0684. The molecule has 0 N–H and O–H groups in total. The topological polar surface area (TPSA) is 33.2 Å². The fraction of sp³-hybridized carbons (Fsp3) is 0.333. The molecule has 1 heterocycles. The molecular weight excluding hydrogens is 296 g/mol. The van der Waals surface area contributed by atoms with Crippen molar-refractivity contribution in [3.05, 3.63) is 64.9 Å². The highest BCUT2D eigenvalue weighted by molar-refractivity contribution is 6.29. The van der Waals surface area contributed by atoms with Crippen LogP contribution >= 0.6 is 11.6 Å². The third kappa shape index (κ3) is 4.08. The van der Waals surface area contributed by atoms with Gasteiger partial charge in [0, 0.05) is 24.3 Å². The predicted octanol–water partition coefficient (Wildman–Crippen LogP) is 4.22. The second kappa shape index (κ2) is 7.95. The molecule has 0 aliphatic heterocycles. The Kier molecular flexibility index (Phi) is 5.96. The van der Waals surface area contributed by atoms with E-state index in [1.165, 1.54) is 5.56 Å². The number of nitrogens with zero attached hydrogens (tertiary/aromatic N) is 2. The summed E-state index contributed by atoms with van der Waals surface area (Å²) in [5.41, 5.74) is 1.83. The van der Waals surface area contributed by atoms with Gasteiger partial charge in [-0.25, -0.2) is 4.98 Å². The summed E-state index contributed by atoms with van der Waals surface area (Å²) in [5, 5.41) is 0.345. The molecule has 0 aliphatic rings. The van der Waals surface area contributed by atoms with Gasteiger partial charge >= 0.3 is 0 Å². The molecule has 4 heteroatoms. The molecule has 0 saturated heterocycles. The molecule has 2 aromatic rings. The first-order valence-electron chi connectivity index (χ1n) is 7.62. The molecular formula is C18H21ClN2O. The van der Waals surface area contributed by atoms with Crippen LogP contribution in [0.4, 0.5) is 0 Å². The van der Waals surface area contributed by atoms with Crippen LogP contribution in [0.25, 0.3) is 0 Å². The first-order chi connectivity index (χ1) is 10.7. The van der Waals surface area contributed by atoms with Crippen LogP contribution in [0, 0.1) is 0 Å². The van der Waals surface area contributed by atoms with E-state index < -0.39 is 0 Å². The fourth-order valence-corrected chi connectivity index (χ4v) is 2.80. The monoisotopic (exact) mass is 316 g/mol. The number of hydrogen-bond donors (Lipinski definition) is 0. The molecule has 0 aliphatic carbocycles. The summed E-state index contributed by atoms with van der Waals surface area (Å²) in [5.74, 6) is 0.00887. The maximum Gasteiger partial charge on any atom is 0.254 e. The molecule has 0 spiro atoms. The maximum absolute atomic E-state index is 12.8. The zero-order chi connectivity index (χ0) is 15.9. The summed E-state index contributed by atoms with van der Waals surface area (Å²) in [6.45, 7) is 4.79. The van der Waals surface area contributed by atoms with Crippen molar-refractivity contribution in [1.29, 1.82) is 0 Å². The Hall–Kier alpha value is -1.87. The summed E-state index contributed by atoms with van der Waals surface area (Å²) < 4.78 is 0. The van der Waals surface area contributed by atoms with Crippen molar-refractivity contribution in [3.63, 3.8) is 0 Å². The Morgan fingerprint density at radius 3 is 2.55 bits per heavy atom. The van der Waals surface area contributed by atoms with Gasteiger partial charge in [-0.1, -0.05) is 48.9 Å². The van der Waals surface area contributed by atoms with Crippen LogP contribution in [-0.2, 0) is 6.42 Å². The number of rotatable bonds is 6. The average molecular weight is 317 g/mol. The first kappa shape index (κ1) is 16.5. The average Bonchev–Trinajstić information content (AvgIpc) is 2.55. The van der Waals surface area contributed by atoms with Gasteiger partial charge in [0.1, 0.15) is 5.15 Å². The second-order valence-electron chi connectivity index (χ2n) is 5.21. The minimum atomic E-state index is 0.00887. The highest BCUT2D eigenvalue weighted by Gasteiger charge is 2.22. The number of likely N-dealkylation sites (N-methyl/N-ethyl adjacent to an activating group) is 1. The number of halogens is 1. The minimum absolute atomic E-state index is 0.00887. The molecule has 2 rings (SSSR count). The van der Waals surface area contributed by atoms with Crippen molar-refractivity contribution in [3.8, 4) is 0 Å². The molecule has 0 radical (unpaired) electrons. The largest absolute Gasteiger partial charge is 0.336 e. The van der Waals surface area contributed by atoms with Gasteiger partial charge in [0.25, 0.3) is 5.91 Å². The number of hydrogen-bond acceptors (Lipinski definition) is 2. The van der Waals surface area contributed by atoms with Gasteiger partial charge in [0.2, 0.25) is 0 Å². The van der Waals surface area contributed by atoms with E-state index in [2.05, 4.69) is 24.0 Å². The normalized spacial score (nSPS) is 12.0. The molecule has 0 saturated carbocycles. The molecule has 1 aromatic carbocycles. The number of carbonyl (C=O) groups is 1. The van der Waals surface area contributed by atoms with Crippen LogP contribution in [0.1, 0.15) is 36.2 Å². The smallest absolute Gasteiger partial charge is 0.254 e. The van der Waals surface area contributed by atoms with Crippen molar-refractivity contribution in [2.75, 3.05) is 6.54 Å². The molecule has 0 bridgehead atoms. The third-order valence-electron chi connectivity index (χ3n) is 3.80. The lowest BCUT2D eigenvalue weighted by Crippen LogP contribution is -2.41. The lowest BCUT2D eigenvalue weighted by atomic mass is 10.0. The standard InChI is InChI=1S/C18H21ClN2O/c1-3-16(12-14-8-6-5-7-9-14)21(4-2)18(22)15-10-11-20-17(19)13-15/h5-11,13,16H,3-4,12H2,1-2H3/t16-/m0/s1. The van der Waals surface area contributed by atoms with Gasteiger partial charge in [0.05, 0.1) is 0 Å². The molecule has 1 aromatic heterocycles. The first-order valence-corrected chi connectivity index (χ1v) is 8.00. The van der Waals surface area contributed by atoms with Crippen LogP contribution in [0.2, 0.25) is 5.15 Å². The number of benzene rings is 1. The Morgan fingerprint density at radius 2 is 1.95 bits per heavy atom. The van der Waals surface area contributed by atoms with Gasteiger partial charge in [-0.3, -0.25) is 4.79 Å². The minimum Gasteiger partial charge on any atom is -0.336 e. The van der Waals surface area contributed by atoms with Gasteiger partial charge < -0.3 is 4.90 Å². The van der Waals surface area contributed by atoms with Crippen molar-refractivity contribution in [2.45, 2.75) is 32.7 Å². The highest BCUT2D eigenvalue weighted by Crippen LogP contribution is 2.17. The highest BCUT2D eigenvalue weighted by atomic mass is 35.5. The molecule has 3 nitrogen and oxygen atoms in total. The van der Waals surface area contributed by atoms with E-state index >= 15 is 0 Å². The van der Waals surface area contributed by atoms with Crippen LogP contribution in [0.5, 0.6) is 0 Å². The van der Waals surface area contributed by atoms with E-state index in [9.17, 15) is 4.79 Å². The quantitative estimate of drug-likeness (QED) is 0.748. The summed E-state index contributed by atoms with van der Waals surface area (Å²) in [6.07, 6.45) is 3.34. The lowest BCUT2D eigenvalue weighted by Gasteiger charge is -2.30. The summed E-state index contributed by atoms with van der Waals surface area (Å²) in [7, 11) is 0. The zero-order valence-electron chi connectivity index (χ0n) is 13.0. The van der Waals surface area contributed by atoms with Gasteiger partial charge in [-0.15, -0.1) is 0 Å². The van der Waals surface area contributed by atoms with E-state index in [1.807, 2.05) is 30.0 Å².